The summed E-state index contributed by atoms with van der Waals surface area (Å²) in [5, 5.41) is 0. The second-order valence-corrected chi connectivity index (χ2v) is 6.13. The van der Waals surface area contributed by atoms with E-state index in [9.17, 15) is 9.59 Å². The molecule has 2 amide bonds. The highest BCUT2D eigenvalue weighted by Crippen LogP contribution is 2.30. The van der Waals surface area contributed by atoms with Gasteiger partial charge in [0.15, 0.2) is 0 Å². The monoisotopic (exact) mass is 304 g/mol. The Bertz CT molecular complexity index is 624. The Balaban J connectivity index is 1.45. The van der Waals surface area contributed by atoms with Gasteiger partial charge >= 0.3 is 0 Å². The largest absolute Gasteiger partial charge is 0.469 e. The third-order valence-electron chi connectivity index (χ3n) is 3.46. The van der Waals surface area contributed by atoms with Crippen LogP contribution in [0.5, 0.6) is 0 Å². The second kappa shape index (κ2) is 6.13. The summed E-state index contributed by atoms with van der Waals surface area (Å²) >= 11 is 1.51. The Hall–Kier alpha value is -2.08. The zero-order chi connectivity index (χ0) is 14.7. The van der Waals surface area contributed by atoms with Crippen molar-refractivity contribution in [3.63, 3.8) is 0 Å². The van der Waals surface area contributed by atoms with Gasteiger partial charge in [0.1, 0.15) is 5.76 Å². The van der Waals surface area contributed by atoms with Crippen LogP contribution in [-0.4, -0.2) is 11.8 Å². The molecule has 0 unspecified atom stereocenters. The van der Waals surface area contributed by atoms with E-state index in [4.69, 9.17) is 4.42 Å². The first-order valence-corrected chi connectivity index (χ1v) is 7.77. The van der Waals surface area contributed by atoms with Crippen LogP contribution in [0.3, 0.4) is 0 Å². The molecule has 1 aliphatic carbocycles. The summed E-state index contributed by atoms with van der Waals surface area (Å²) in [7, 11) is 0. The maximum atomic E-state index is 12.0. The smallest absolute Gasteiger partial charge is 0.279 e. The summed E-state index contributed by atoms with van der Waals surface area (Å²) in [4.78, 5) is 25.6. The van der Waals surface area contributed by atoms with E-state index in [1.165, 1.54) is 28.2 Å². The zero-order valence-electron chi connectivity index (χ0n) is 11.5. The lowest BCUT2D eigenvalue weighted by atomic mass is 10.2. The van der Waals surface area contributed by atoms with Crippen molar-refractivity contribution in [2.24, 2.45) is 0 Å². The molecular weight excluding hydrogens is 288 g/mol. The minimum atomic E-state index is -0.249. The highest BCUT2D eigenvalue weighted by Gasteiger charge is 2.18. The van der Waals surface area contributed by atoms with E-state index in [1.807, 2.05) is 12.1 Å². The molecule has 2 aromatic heterocycles. The van der Waals surface area contributed by atoms with Crippen molar-refractivity contribution in [1.29, 1.82) is 0 Å². The molecule has 0 radical (unpaired) electrons. The molecule has 0 saturated carbocycles. The number of thiophene rings is 1. The fourth-order valence-electron chi connectivity index (χ4n) is 2.38. The van der Waals surface area contributed by atoms with Crippen molar-refractivity contribution >= 4 is 23.2 Å². The maximum Gasteiger partial charge on any atom is 0.279 e. The van der Waals surface area contributed by atoms with E-state index in [2.05, 4.69) is 10.9 Å². The zero-order valence-corrected chi connectivity index (χ0v) is 12.3. The van der Waals surface area contributed by atoms with Gasteiger partial charge in [-0.05, 0) is 43.0 Å². The summed E-state index contributed by atoms with van der Waals surface area (Å²) in [6.07, 6.45) is 5.64. The Morgan fingerprint density at radius 3 is 2.95 bits per heavy atom. The van der Waals surface area contributed by atoms with Crippen molar-refractivity contribution < 1.29 is 14.0 Å². The molecule has 2 heterocycles. The van der Waals surface area contributed by atoms with Crippen LogP contribution in [-0.2, 0) is 24.1 Å². The van der Waals surface area contributed by atoms with Crippen molar-refractivity contribution in [3.05, 3.63) is 45.5 Å². The molecule has 110 valence electrons. The SMILES string of the molecule is O=C(CCc1ccco1)NNC(=O)c1cc2c(s1)CCC2. The van der Waals surface area contributed by atoms with E-state index in [0.29, 0.717) is 11.3 Å². The van der Waals surface area contributed by atoms with Gasteiger partial charge in [-0.25, -0.2) is 0 Å². The third-order valence-corrected chi connectivity index (χ3v) is 4.70. The Labute approximate surface area is 126 Å². The first-order valence-electron chi connectivity index (χ1n) is 6.95. The predicted molar refractivity (Wildman–Crippen MR) is 79.0 cm³/mol. The predicted octanol–water partition coefficient (Wildman–Crippen LogP) is 2.22. The topological polar surface area (TPSA) is 71.3 Å². The third kappa shape index (κ3) is 3.33. The molecule has 0 aliphatic heterocycles. The number of hydrazine groups is 1. The van der Waals surface area contributed by atoms with Crippen LogP contribution >= 0.6 is 11.3 Å². The summed E-state index contributed by atoms with van der Waals surface area (Å²) in [5.41, 5.74) is 6.17. The van der Waals surface area contributed by atoms with Gasteiger partial charge in [0.05, 0.1) is 11.1 Å². The lowest BCUT2D eigenvalue weighted by molar-refractivity contribution is -0.121. The fraction of sp³-hybridized carbons (Fsp3) is 0.333. The minimum Gasteiger partial charge on any atom is -0.469 e. The number of furan rings is 1. The van der Waals surface area contributed by atoms with Crippen molar-refractivity contribution in [2.45, 2.75) is 32.1 Å². The van der Waals surface area contributed by atoms with E-state index in [-0.39, 0.29) is 18.2 Å². The summed E-state index contributed by atoms with van der Waals surface area (Å²) < 4.78 is 5.15. The van der Waals surface area contributed by atoms with Crippen LogP contribution in [0.15, 0.2) is 28.9 Å². The molecule has 3 rings (SSSR count). The Kier molecular flexibility index (Phi) is 4.06. The van der Waals surface area contributed by atoms with Crippen LogP contribution in [0.25, 0.3) is 0 Å². The number of aryl methyl sites for hydroxylation is 3. The number of amides is 2. The van der Waals surface area contributed by atoms with Crippen LogP contribution in [0.4, 0.5) is 0 Å². The maximum absolute atomic E-state index is 12.0. The molecule has 5 nitrogen and oxygen atoms in total. The molecule has 6 heteroatoms. The van der Waals surface area contributed by atoms with Gasteiger partial charge in [-0.1, -0.05) is 0 Å². The highest BCUT2D eigenvalue weighted by molar-refractivity contribution is 7.14. The standard InChI is InChI=1S/C15H16N2O3S/c18-14(7-6-11-4-2-8-20-11)16-17-15(19)13-9-10-3-1-5-12(10)21-13/h2,4,8-9H,1,3,5-7H2,(H,16,18)(H,17,19). The Morgan fingerprint density at radius 1 is 1.29 bits per heavy atom. The molecule has 0 atom stereocenters. The number of hydrogen-bond acceptors (Lipinski definition) is 4. The van der Waals surface area contributed by atoms with Gasteiger partial charge in [0.2, 0.25) is 5.91 Å². The number of nitrogens with one attached hydrogen (secondary N) is 2. The Morgan fingerprint density at radius 2 is 2.19 bits per heavy atom. The molecule has 0 saturated heterocycles. The van der Waals surface area contributed by atoms with Gasteiger partial charge < -0.3 is 4.42 Å². The minimum absolute atomic E-state index is 0.233. The van der Waals surface area contributed by atoms with E-state index >= 15 is 0 Å². The van der Waals surface area contributed by atoms with Crippen LogP contribution in [0.1, 0.15) is 38.7 Å². The number of rotatable bonds is 4. The lowest BCUT2D eigenvalue weighted by Gasteiger charge is -2.05. The summed E-state index contributed by atoms with van der Waals surface area (Å²) in [6, 6.07) is 5.53. The van der Waals surface area contributed by atoms with Crippen molar-refractivity contribution in [3.8, 4) is 0 Å². The summed E-state index contributed by atoms with van der Waals surface area (Å²) in [6.45, 7) is 0. The van der Waals surface area contributed by atoms with E-state index in [0.717, 1.165) is 18.6 Å². The first kappa shape index (κ1) is 13.9. The summed E-state index contributed by atoms with van der Waals surface area (Å²) in [5.74, 6) is 0.274. The number of hydrogen-bond donors (Lipinski definition) is 2. The molecule has 0 aromatic carbocycles. The molecule has 0 spiro atoms. The average molecular weight is 304 g/mol. The quantitative estimate of drug-likeness (QED) is 0.851. The number of carbonyl (C=O) groups is 2. The molecule has 0 fully saturated rings. The molecule has 21 heavy (non-hydrogen) atoms. The van der Waals surface area contributed by atoms with Crippen molar-refractivity contribution in [2.75, 3.05) is 0 Å². The van der Waals surface area contributed by atoms with Gasteiger partial charge in [-0.3, -0.25) is 20.4 Å². The number of fused-ring (bicyclic) bond motifs is 1. The van der Waals surface area contributed by atoms with Gasteiger partial charge in [-0.15, -0.1) is 11.3 Å². The van der Waals surface area contributed by atoms with Crippen LogP contribution in [0.2, 0.25) is 0 Å². The molecule has 1 aliphatic rings. The first-order chi connectivity index (χ1) is 10.2. The molecular formula is C15H16N2O3S. The average Bonchev–Trinajstić information content (AvgIpc) is 3.17. The van der Waals surface area contributed by atoms with Crippen LogP contribution < -0.4 is 10.9 Å². The van der Waals surface area contributed by atoms with Gasteiger partial charge in [-0.2, -0.15) is 0 Å². The van der Waals surface area contributed by atoms with E-state index in [1.54, 1.807) is 12.3 Å². The van der Waals surface area contributed by atoms with Crippen molar-refractivity contribution in [1.82, 2.24) is 10.9 Å². The molecule has 2 N–H and O–H groups in total. The number of carbonyl (C=O) groups excluding carboxylic acids is 2. The van der Waals surface area contributed by atoms with Gasteiger partial charge in [0.25, 0.3) is 5.91 Å². The second-order valence-electron chi connectivity index (χ2n) is 4.99. The molecule has 0 bridgehead atoms. The lowest BCUT2D eigenvalue weighted by Crippen LogP contribution is -2.41. The van der Waals surface area contributed by atoms with E-state index < -0.39 is 0 Å². The molecule has 2 aromatic rings. The highest BCUT2D eigenvalue weighted by atomic mass is 32.1. The van der Waals surface area contributed by atoms with Gasteiger partial charge in [0, 0.05) is 17.7 Å². The normalized spacial score (nSPS) is 13.0. The fourth-order valence-corrected chi connectivity index (χ4v) is 3.53. The van der Waals surface area contributed by atoms with Crippen LogP contribution in [0, 0.1) is 0 Å².